The molecule has 4 heteroatoms. The quantitative estimate of drug-likeness (QED) is 0.636. The van der Waals surface area contributed by atoms with Crippen LogP contribution in [0.3, 0.4) is 0 Å². The van der Waals surface area contributed by atoms with Gasteiger partial charge in [0.1, 0.15) is 0 Å². The van der Waals surface area contributed by atoms with E-state index < -0.39 is 5.97 Å². The largest absolute Gasteiger partial charge is 0.478 e. The van der Waals surface area contributed by atoms with E-state index in [0.29, 0.717) is 6.04 Å². The maximum atomic E-state index is 10.5. The third kappa shape index (κ3) is 4.56. The molecule has 1 N–H and O–H groups in total. The average molecular weight is 324 g/mol. The molecule has 0 spiro atoms. The Morgan fingerprint density at radius 3 is 2.68 bits per heavy atom. The van der Waals surface area contributed by atoms with E-state index in [9.17, 15) is 4.79 Å². The fourth-order valence-electron chi connectivity index (χ4n) is 1.74. The predicted octanol–water partition coefficient (Wildman–Crippen LogP) is 3.95. The smallest absolute Gasteiger partial charge is 0.328 e. The fourth-order valence-corrected chi connectivity index (χ4v) is 2.24. The summed E-state index contributed by atoms with van der Waals surface area (Å²) in [4.78, 5) is 12.7. The van der Waals surface area contributed by atoms with Gasteiger partial charge in [-0.15, -0.1) is 6.58 Å². The Bertz CT molecular complexity index is 495. The monoisotopic (exact) mass is 323 g/mol. The third-order valence-corrected chi connectivity index (χ3v) is 3.36. The van der Waals surface area contributed by atoms with Gasteiger partial charge in [-0.3, -0.25) is 0 Å². The molecule has 0 atom stereocenters. The van der Waals surface area contributed by atoms with Crippen molar-refractivity contribution in [1.29, 1.82) is 0 Å². The van der Waals surface area contributed by atoms with Gasteiger partial charge in [0.2, 0.25) is 0 Å². The van der Waals surface area contributed by atoms with Crippen molar-refractivity contribution >= 4 is 33.7 Å². The molecule has 0 bridgehead atoms. The summed E-state index contributed by atoms with van der Waals surface area (Å²) in [6.07, 6.45) is 4.57. The zero-order valence-electron chi connectivity index (χ0n) is 11.1. The van der Waals surface area contributed by atoms with Crippen molar-refractivity contribution in [2.75, 3.05) is 11.4 Å². The molecule has 19 heavy (non-hydrogen) atoms. The number of rotatable bonds is 6. The van der Waals surface area contributed by atoms with Gasteiger partial charge in [-0.1, -0.05) is 28.1 Å². The van der Waals surface area contributed by atoms with Crippen LogP contribution in [0.15, 0.2) is 41.4 Å². The van der Waals surface area contributed by atoms with Crippen LogP contribution in [0, 0.1) is 0 Å². The number of anilines is 1. The van der Waals surface area contributed by atoms with Crippen molar-refractivity contribution in [3.8, 4) is 0 Å². The SMILES string of the molecule is C=CCN(c1ccc(/C=C/C(=O)O)c(Br)c1)C(C)C. The Hall–Kier alpha value is -1.55. The molecule has 0 fully saturated rings. The van der Waals surface area contributed by atoms with Crippen LogP contribution in [0.1, 0.15) is 19.4 Å². The van der Waals surface area contributed by atoms with Crippen LogP contribution in [0.5, 0.6) is 0 Å². The van der Waals surface area contributed by atoms with Crippen molar-refractivity contribution in [3.05, 3.63) is 47.0 Å². The summed E-state index contributed by atoms with van der Waals surface area (Å²) in [7, 11) is 0. The first-order chi connectivity index (χ1) is 8.95. The lowest BCUT2D eigenvalue weighted by atomic mass is 10.1. The second-order valence-electron chi connectivity index (χ2n) is 4.41. The molecule has 1 aromatic carbocycles. The van der Waals surface area contributed by atoms with Crippen LogP contribution in [0.4, 0.5) is 5.69 Å². The van der Waals surface area contributed by atoms with Crippen molar-refractivity contribution in [1.82, 2.24) is 0 Å². The van der Waals surface area contributed by atoms with Gasteiger partial charge in [0.05, 0.1) is 0 Å². The lowest BCUT2D eigenvalue weighted by molar-refractivity contribution is -0.131. The van der Waals surface area contributed by atoms with Crippen molar-refractivity contribution in [3.63, 3.8) is 0 Å². The number of carboxylic acids is 1. The number of nitrogens with zero attached hydrogens (tertiary/aromatic N) is 1. The van der Waals surface area contributed by atoms with Crippen LogP contribution in [0.2, 0.25) is 0 Å². The Morgan fingerprint density at radius 1 is 1.53 bits per heavy atom. The van der Waals surface area contributed by atoms with E-state index in [0.717, 1.165) is 28.3 Å². The molecule has 0 aliphatic heterocycles. The van der Waals surface area contributed by atoms with E-state index in [1.807, 2.05) is 24.3 Å². The zero-order valence-corrected chi connectivity index (χ0v) is 12.7. The van der Waals surface area contributed by atoms with Gasteiger partial charge < -0.3 is 10.0 Å². The highest BCUT2D eigenvalue weighted by molar-refractivity contribution is 9.10. The van der Waals surface area contributed by atoms with Crippen molar-refractivity contribution < 1.29 is 9.90 Å². The summed E-state index contributed by atoms with van der Waals surface area (Å²) >= 11 is 3.47. The summed E-state index contributed by atoms with van der Waals surface area (Å²) in [6, 6.07) is 6.24. The molecule has 0 saturated carbocycles. The standard InChI is InChI=1S/C15H18BrNO2/c1-4-9-17(11(2)3)13-7-5-12(14(16)10-13)6-8-15(18)19/h4-8,10-11H,1,9H2,2-3H3,(H,18,19)/b8-6+. The number of aliphatic carboxylic acids is 1. The maximum Gasteiger partial charge on any atom is 0.328 e. The second kappa shape index (κ2) is 7.14. The molecule has 102 valence electrons. The summed E-state index contributed by atoms with van der Waals surface area (Å²) in [5.74, 6) is -0.952. The summed E-state index contributed by atoms with van der Waals surface area (Å²) in [6.45, 7) is 8.78. The molecule has 0 saturated heterocycles. The minimum absolute atomic E-state index is 0.366. The highest BCUT2D eigenvalue weighted by Gasteiger charge is 2.10. The highest BCUT2D eigenvalue weighted by atomic mass is 79.9. The molecule has 0 aliphatic carbocycles. The lowest BCUT2D eigenvalue weighted by Gasteiger charge is -2.28. The normalized spacial score (nSPS) is 10.9. The average Bonchev–Trinajstić information content (AvgIpc) is 2.33. The summed E-state index contributed by atoms with van der Waals surface area (Å²) in [5, 5.41) is 8.63. The Morgan fingerprint density at radius 2 is 2.21 bits per heavy atom. The molecule has 1 aromatic rings. The topological polar surface area (TPSA) is 40.5 Å². The number of carbonyl (C=O) groups is 1. The van der Waals surface area contributed by atoms with E-state index >= 15 is 0 Å². The molecule has 0 heterocycles. The van der Waals surface area contributed by atoms with Crippen LogP contribution >= 0.6 is 15.9 Å². The van der Waals surface area contributed by atoms with E-state index in [2.05, 4.69) is 41.3 Å². The van der Waals surface area contributed by atoms with Crippen LogP contribution in [-0.4, -0.2) is 23.7 Å². The number of benzene rings is 1. The third-order valence-electron chi connectivity index (χ3n) is 2.67. The molecule has 0 unspecified atom stereocenters. The van der Waals surface area contributed by atoms with Crippen LogP contribution in [0.25, 0.3) is 6.08 Å². The van der Waals surface area contributed by atoms with Gasteiger partial charge in [0.25, 0.3) is 0 Å². The first-order valence-corrected chi connectivity index (χ1v) is 6.83. The number of hydrogen-bond donors (Lipinski definition) is 1. The molecule has 1 rings (SSSR count). The second-order valence-corrected chi connectivity index (χ2v) is 5.27. The van der Waals surface area contributed by atoms with E-state index in [1.165, 1.54) is 0 Å². The highest BCUT2D eigenvalue weighted by Crippen LogP contribution is 2.26. The van der Waals surface area contributed by atoms with Gasteiger partial charge in [0, 0.05) is 28.8 Å². The first-order valence-electron chi connectivity index (χ1n) is 6.03. The summed E-state index contributed by atoms with van der Waals surface area (Å²) < 4.78 is 0.872. The minimum Gasteiger partial charge on any atom is -0.478 e. The molecule has 0 aromatic heterocycles. The number of carboxylic acid groups (broad SMARTS) is 1. The van der Waals surface area contributed by atoms with Crippen LogP contribution in [-0.2, 0) is 4.79 Å². The molecule has 0 aliphatic rings. The zero-order chi connectivity index (χ0) is 14.4. The van der Waals surface area contributed by atoms with E-state index in [1.54, 1.807) is 6.08 Å². The predicted molar refractivity (Wildman–Crippen MR) is 83.5 cm³/mol. The molecule has 3 nitrogen and oxygen atoms in total. The molecule has 0 radical (unpaired) electrons. The van der Waals surface area contributed by atoms with Crippen molar-refractivity contribution in [2.24, 2.45) is 0 Å². The summed E-state index contributed by atoms with van der Waals surface area (Å²) in [5.41, 5.74) is 1.92. The molecule has 0 amide bonds. The first kappa shape index (κ1) is 15.5. The number of hydrogen-bond acceptors (Lipinski definition) is 2. The van der Waals surface area contributed by atoms with Gasteiger partial charge in [0.15, 0.2) is 0 Å². The van der Waals surface area contributed by atoms with Crippen LogP contribution < -0.4 is 4.90 Å². The Kier molecular flexibility index (Phi) is 5.83. The van der Waals surface area contributed by atoms with E-state index in [4.69, 9.17) is 5.11 Å². The van der Waals surface area contributed by atoms with Gasteiger partial charge in [-0.2, -0.15) is 0 Å². The van der Waals surface area contributed by atoms with Gasteiger partial charge in [-0.05, 0) is 37.6 Å². The Balaban J connectivity index is 3.03. The van der Waals surface area contributed by atoms with Gasteiger partial charge >= 0.3 is 5.97 Å². The molecular formula is C15H18BrNO2. The van der Waals surface area contributed by atoms with E-state index in [-0.39, 0.29) is 0 Å². The maximum absolute atomic E-state index is 10.5. The van der Waals surface area contributed by atoms with Gasteiger partial charge in [-0.25, -0.2) is 4.79 Å². The fraction of sp³-hybridized carbons (Fsp3) is 0.267. The molecular weight excluding hydrogens is 306 g/mol. The number of halogens is 1. The van der Waals surface area contributed by atoms with Crippen molar-refractivity contribution in [2.45, 2.75) is 19.9 Å². The Labute approximate surface area is 122 Å². The lowest BCUT2D eigenvalue weighted by Crippen LogP contribution is -2.30. The minimum atomic E-state index is -0.952.